The number of allylic oxidation sites excluding steroid dienone is 1. The summed E-state index contributed by atoms with van der Waals surface area (Å²) in [4.78, 5) is 37.5. The lowest BCUT2D eigenvalue weighted by Crippen LogP contribution is -2.31. The first-order chi connectivity index (χ1) is 13.8. The number of nitrogens with one attached hydrogen (secondary N) is 2. The van der Waals surface area contributed by atoms with Crippen molar-refractivity contribution >= 4 is 23.5 Å². The van der Waals surface area contributed by atoms with E-state index in [0.29, 0.717) is 33.7 Å². The Hall–Kier alpha value is -2.61. The average Bonchev–Trinajstić information content (AvgIpc) is 2.65. The Kier molecular flexibility index (Phi) is 6.42. The number of fused-ring (bicyclic) bond motifs is 1. The molecule has 8 heteroatoms. The highest BCUT2D eigenvalue weighted by Gasteiger charge is 2.36. The van der Waals surface area contributed by atoms with Crippen LogP contribution in [-0.4, -0.2) is 32.8 Å². The van der Waals surface area contributed by atoms with Gasteiger partial charge in [0.2, 0.25) is 0 Å². The minimum atomic E-state index is -0.583. The van der Waals surface area contributed by atoms with Crippen LogP contribution in [-0.2, 0) is 9.53 Å². The van der Waals surface area contributed by atoms with Gasteiger partial charge in [0.05, 0.1) is 23.2 Å². The van der Waals surface area contributed by atoms with Crippen LogP contribution in [0.4, 0.5) is 5.82 Å². The van der Waals surface area contributed by atoms with E-state index in [9.17, 15) is 9.59 Å². The number of ether oxygens (including phenoxy) is 1. The minimum Gasteiger partial charge on any atom is -0.460 e. The average molecular weight is 415 g/mol. The van der Waals surface area contributed by atoms with E-state index in [-0.39, 0.29) is 11.7 Å². The van der Waals surface area contributed by atoms with E-state index >= 15 is 0 Å². The third-order valence-electron chi connectivity index (χ3n) is 4.38. The fourth-order valence-electron chi connectivity index (χ4n) is 3.18. The van der Waals surface area contributed by atoms with Gasteiger partial charge in [-0.1, -0.05) is 25.6 Å². The molecule has 0 fully saturated rings. The van der Waals surface area contributed by atoms with Gasteiger partial charge in [0.25, 0.3) is 5.56 Å². The van der Waals surface area contributed by atoms with Crippen LogP contribution in [0.2, 0.25) is 0 Å². The minimum absolute atomic E-state index is 0.266. The number of aromatic amines is 1. The Morgan fingerprint density at radius 2 is 1.93 bits per heavy atom. The molecule has 3 rings (SSSR count). The van der Waals surface area contributed by atoms with E-state index in [2.05, 4.69) is 34.1 Å². The molecule has 1 aliphatic rings. The topological polar surface area (TPSA) is 97.0 Å². The maximum absolute atomic E-state index is 13.1. The van der Waals surface area contributed by atoms with Crippen LogP contribution in [0.1, 0.15) is 51.7 Å². The van der Waals surface area contributed by atoms with Crippen molar-refractivity contribution < 1.29 is 9.53 Å². The second-order valence-corrected chi connectivity index (χ2v) is 8.68. The molecule has 0 saturated heterocycles. The van der Waals surface area contributed by atoms with Gasteiger partial charge in [-0.05, 0) is 44.4 Å². The summed E-state index contributed by atoms with van der Waals surface area (Å²) in [7, 11) is 0. The van der Waals surface area contributed by atoms with Gasteiger partial charge in [-0.2, -0.15) is 0 Å². The van der Waals surface area contributed by atoms with Gasteiger partial charge >= 0.3 is 5.97 Å². The zero-order chi connectivity index (χ0) is 21.1. The van der Waals surface area contributed by atoms with Crippen LogP contribution in [0.25, 0.3) is 0 Å². The van der Waals surface area contributed by atoms with E-state index in [1.54, 1.807) is 45.3 Å². The van der Waals surface area contributed by atoms with Gasteiger partial charge in [-0.15, -0.1) is 0 Å². The second-order valence-electron chi connectivity index (χ2n) is 7.67. The zero-order valence-corrected chi connectivity index (χ0v) is 18.1. The molecule has 3 heterocycles. The summed E-state index contributed by atoms with van der Waals surface area (Å²) in [6, 6.07) is 3.60. The van der Waals surface area contributed by atoms with Crippen LogP contribution >= 0.6 is 11.8 Å². The molecule has 0 aliphatic carbocycles. The van der Waals surface area contributed by atoms with Crippen LogP contribution in [0.5, 0.6) is 0 Å². The van der Waals surface area contributed by atoms with Crippen LogP contribution in [0, 0.1) is 5.92 Å². The quantitative estimate of drug-likeness (QED) is 0.423. The SMILES string of the molecule is CC1=C(C(=O)OC(C)C)[C@H](c2ccncc2)c2c(nc(SCC(C)C)[nH]c2=O)N1. The molecule has 0 unspecified atom stereocenters. The summed E-state index contributed by atoms with van der Waals surface area (Å²) in [5.74, 6) is 0.755. The Balaban J connectivity index is 2.13. The predicted molar refractivity (Wildman–Crippen MR) is 114 cm³/mol. The standard InChI is InChI=1S/C21H26N4O3S/c1-11(2)10-29-21-24-18-17(19(26)25-21)16(14-6-8-22-9-7-14)15(13(5)23-18)20(27)28-12(3)4/h6-9,11-12,16H,10H2,1-5H3,(H2,23,24,25,26)/t16-/m0/s1. The fourth-order valence-corrected chi connectivity index (χ4v) is 3.99. The lowest BCUT2D eigenvalue weighted by molar-refractivity contribution is -0.143. The molecular formula is C21H26N4O3S. The molecule has 1 aliphatic heterocycles. The maximum Gasteiger partial charge on any atom is 0.337 e. The van der Waals surface area contributed by atoms with Gasteiger partial charge in [-0.25, -0.2) is 9.78 Å². The van der Waals surface area contributed by atoms with Crippen molar-refractivity contribution in [2.45, 2.75) is 51.8 Å². The Morgan fingerprint density at radius 3 is 2.55 bits per heavy atom. The van der Waals surface area contributed by atoms with Crippen molar-refractivity contribution in [1.82, 2.24) is 15.0 Å². The summed E-state index contributed by atoms with van der Waals surface area (Å²) in [5.41, 5.74) is 1.96. The van der Waals surface area contributed by atoms with Crippen molar-refractivity contribution in [2.24, 2.45) is 5.92 Å². The number of esters is 1. The third-order valence-corrected chi connectivity index (χ3v) is 5.68. The normalized spacial score (nSPS) is 16.0. The lowest BCUT2D eigenvalue weighted by atomic mass is 9.83. The van der Waals surface area contributed by atoms with Crippen molar-refractivity contribution in [3.05, 3.63) is 57.3 Å². The number of H-pyrrole nitrogens is 1. The van der Waals surface area contributed by atoms with Gasteiger partial charge < -0.3 is 15.0 Å². The molecular weight excluding hydrogens is 388 g/mol. The molecule has 0 saturated carbocycles. The number of hydrogen-bond acceptors (Lipinski definition) is 7. The molecule has 0 spiro atoms. The van der Waals surface area contributed by atoms with Gasteiger partial charge in [0, 0.05) is 23.8 Å². The number of nitrogens with zero attached hydrogens (tertiary/aromatic N) is 2. The first-order valence-electron chi connectivity index (χ1n) is 9.63. The highest BCUT2D eigenvalue weighted by atomic mass is 32.2. The highest BCUT2D eigenvalue weighted by molar-refractivity contribution is 7.99. The van der Waals surface area contributed by atoms with E-state index in [0.717, 1.165) is 11.3 Å². The van der Waals surface area contributed by atoms with E-state index in [1.165, 1.54) is 11.8 Å². The molecule has 2 aromatic heterocycles. The number of aromatic nitrogens is 3. The maximum atomic E-state index is 13.1. The van der Waals surface area contributed by atoms with Crippen LogP contribution in [0.15, 0.2) is 45.7 Å². The van der Waals surface area contributed by atoms with Crippen molar-refractivity contribution in [2.75, 3.05) is 11.1 Å². The molecule has 1 atom stereocenters. The number of pyridine rings is 1. The Bertz CT molecular complexity index is 983. The number of carbonyl (C=O) groups excluding carboxylic acids is 1. The smallest absolute Gasteiger partial charge is 0.337 e. The van der Waals surface area contributed by atoms with Crippen LogP contribution in [0.3, 0.4) is 0 Å². The Morgan fingerprint density at radius 1 is 1.24 bits per heavy atom. The monoisotopic (exact) mass is 414 g/mol. The van der Waals surface area contributed by atoms with Gasteiger partial charge in [0.15, 0.2) is 5.16 Å². The summed E-state index contributed by atoms with van der Waals surface area (Å²) in [5, 5.41) is 3.71. The number of anilines is 1. The van der Waals surface area contributed by atoms with Crippen LogP contribution < -0.4 is 10.9 Å². The molecule has 29 heavy (non-hydrogen) atoms. The molecule has 7 nitrogen and oxygen atoms in total. The number of carbonyl (C=O) groups is 1. The first kappa shape index (κ1) is 21.1. The first-order valence-corrected chi connectivity index (χ1v) is 10.6. The van der Waals surface area contributed by atoms with Crippen molar-refractivity contribution in [3.8, 4) is 0 Å². The molecule has 0 aromatic carbocycles. The van der Waals surface area contributed by atoms with Crippen molar-refractivity contribution in [3.63, 3.8) is 0 Å². The van der Waals surface area contributed by atoms with Gasteiger partial charge in [0.1, 0.15) is 5.82 Å². The lowest BCUT2D eigenvalue weighted by Gasteiger charge is -2.29. The largest absolute Gasteiger partial charge is 0.460 e. The molecule has 0 bridgehead atoms. The summed E-state index contributed by atoms with van der Waals surface area (Å²) in [6.07, 6.45) is 3.02. The van der Waals surface area contributed by atoms with E-state index < -0.39 is 11.9 Å². The zero-order valence-electron chi connectivity index (χ0n) is 17.3. The highest BCUT2D eigenvalue weighted by Crippen LogP contribution is 2.40. The Labute approximate surface area is 174 Å². The number of rotatable bonds is 6. The molecule has 2 aromatic rings. The molecule has 0 amide bonds. The van der Waals surface area contributed by atoms with Crippen molar-refractivity contribution in [1.29, 1.82) is 0 Å². The molecule has 0 radical (unpaired) electrons. The van der Waals surface area contributed by atoms with Gasteiger partial charge in [-0.3, -0.25) is 9.78 Å². The molecule has 2 N–H and O–H groups in total. The summed E-state index contributed by atoms with van der Waals surface area (Å²) in [6.45, 7) is 9.62. The third kappa shape index (κ3) is 4.70. The summed E-state index contributed by atoms with van der Waals surface area (Å²) < 4.78 is 5.47. The molecule has 154 valence electrons. The summed E-state index contributed by atoms with van der Waals surface area (Å²) >= 11 is 1.50. The second kappa shape index (κ2) is 8.82. The van der Waals surface area contributed by atoms with E-state index in [4.69, 9.17) is 4.74 Å². The van der Waals surface area contributed by atoms with E-state index in [1.807, 2.05) is 0 Å². The number of thioether (sulfide) groups is 1. The number of hydrogen-bond donors (Lipinski definition) is 2. The predicted octanol–water partition coefficient (Wildman–Crippen LogP) is 3.70. The fraction of sp³-hybridized carbons (Fsp3) is 0.429.